The van der Waals surface area contributed by atoms with Gasteiger partial charge in [0.1, 0.15) is 18.6 Å². The molecule has 1 rings (SSSR count). The van der Waals surface area contributed by atoms with Crippen LogP contribution in [-0.2, 0) is 4.74 Å². The Bertz CT molecular complexity index is 288. The lowest BCUT2D eigenvalue weighted by Crippen LogP contribution is -2.18. The van der Waals surface area contributed by atoms with Crippen LogP contribution in [0.4, 0.5) is 0 Å². The highest BCUT2D eigenvalue weighted by atomic mass is 16.5. The van der Waals surface area contributed by atoms with Crippen molar-refractivity contribution in [2.24, 2.45) is 0 Å². The van der Waals surface area contributed by atoms with E-state index in [2.05, 4.69) is 0 Å². The lowest BCUT2D eigenvalue weighted by molar-refractivity contribution is 0.0556. The van der Waals surface area contributed by atoms with E-state index in [0.29, 0.717) is 12.2 Å². The highest BCUT2D eigenvalue weighted by Crippen LogP contribution is 2.12. The molecule has 0 N–H and O–H groups in total. The van der Waals surface area contributed by atoms with Gasteiger partial charge in [0.15, 0.2) is 0 Å². The SMILES string of the molecule is CCC(COc1ccc(C=O)cc1)OC. The molecule has 15 heavy (non-hydrogen) atoms. The molecule has 0 aliphatic carbocycles. The second-order valence-corrected chi connectivity index (χ2v) is 3.26. The molecule has 82 valence electrons. The molecule has 0 aromatic heterocycles. The maximum atomic E-state index is 10.4. The smallest absolute Gasteiger partial charge is 0.150 e. The number of carbonyl (C=O) groups excluding carboxylic acids is 1. The van der Waals surface area contributed by atoms with Crippen molar-refractivity contribution in [3.8, 4) is 5.75 Å². The summed E-state index contributed by atoms with van der Waals surface area (Å²) in [4.78, 5) is 10.4. The summed E-state index contributed by atoms with van der Waals surface area (Å²) in [5.74, 6) is 0.760. The Morgan fingerprint density at radius 3 is 2.47 bits per heavy atom. The predicted octanol–water partition coefficient (Wildman–Crippen LogP) is 2.30. The standard InChI is InChI=1S/C12H16O3/c1-3-11(14-2)9-15-12-6-4-10(8-13)5-7-12/h4-8,11H,3,9H2,1-2H3. The molecule has 1 aromatic carbocycles. The number of hydrogen-bond donors (Lipinski definition) is 0. The number of hydrogen-bond acceptors (Lipinski definition) is 3. The average molecular weight is 208 g/mol. The van der Waals surface area contributed by atoms with Crippen molar-refractivity contribution in [1.82, 2.24) is 0 Å². The minimum absolute atomic E-state index is 0.121. The van der Waals surface area contributed by atoms with Crippen molar-refractivity contribution < 1.29 is 14.3 Å². The van der Waals surface area contributed by atoms with Gasteiger partial charge in [-0.3, -0.25) is 4.79 Å². The third-order valence-electron chi connectivity index (χ3n) is 2.24. The first-order valence-electron chi connectivity index (χ1n) is 5.01. The van der Waals surface area contributed by atoms with Crippen LogP contribution >= 0.6 is 0 Å². The quantitative estimate of drug-likeness (QED) is 0.673. The normalized spacial score (nSPS) is 12.1. The van der Waals surface area contributed by atoms with E-state index >= 15 is 0 Å². The zero-order valence-electron chi connectivity index (χ0n) is 9.10. The Morgan fingerprint density at radius 1 is 1.33 bits per heavy atom. The summed E-state index contributed by atoms with van der Waals surface area (Å²) in [5, 5.41) is 0. The first-order valence-corrected chi connectivity index (χ1v) is 5.01. The first-order chi connectivity index (χ1) is 7.30. The van der Waals surface area contributed by atoms with Gasteiger partial charge in [-0.15, -0.1) is 0 Å². The van der Waals surface area contributed by atoms with E-state index < -0.39 is 0 Å². The molecule has 0 amide bonds. The topological polar surface area (TPSA) is 35.5 Å². The number of benzene rings is 1. The highest BCUT2D eigenvalue weighted by Gasteiger charge is 2.04. The van der Waals surface area contributed by atoms with Crippen LogP contribution in [0.5, 0.6) is 5.75 Å². The van der Waals surface area contributed by atoms with Gasteiger partial charge in [-0.2, -0.15) is 0 Å². The highest BCUT2D eigenvalue weighted by molar-refractivity contribution is 5.74. The Morgan fingerprint density at radius 2 is 2.00 bits per heavy atom. The number of rotatable bonds is 6. The van der Waals surface area contributed by atoms with Gasteiger partial charge in [-0.25, -0.2) is 0 Å². The zero-order valence-corrected chi connectivity index (χ0v) is 9.10. The third-order valence-corrected chi connectivity index (χ3v) is 2.24. The molecule has 0 aliphatic heterocycles. The molecule has 0 spiro atoms. The molecule has 3 nitrogen and oxygen atoms in total. The number of ether oxygens (including phenoxy) is 2. The summed E-state index contributed by atoms with van der Waals surface area (Å²) < 4.78 is 10.7. The van der Waals surface area contributed by atoms with E-state index in [1.54, 1.807) is 31.4 Å². The van der Waals surface area contributed by atoms with Crippen molar-refractivity contribution in [2.45, 2.75) is 19.4 Å². The average Bonchev–Trinajstić information content (AvgIpc) is 2.31. The Hall–Kier alpha value is -1.35. The van der Waals surface area contributed by atoms with Crippen LogP contribution in [0.3, 0.4) is 0 Å². The van der Waals surface area contributed by atoms with E-state index in [1.165, 1.54) is 0 Å². The molecular weight excluding hydrogens is 192 g/mol. The molecule has 1 unspecified atom stereocenters. The fourth-order valence-corrected chi connectivity index (χ4v) is 1.18. The van der Waals surface area contributed by atoms with Gasteiger partial charge in [0.25, 0.3) is 0 Å². The molecule has 3 heteroatoms. The number of carbonyl (C=O) groups is 1. The molecule has 0 radical (unpaired) electrons. The molecule has 0 bridgehead atoms. The van der Waals surface area contributed by atoms with E-state index in [1.807, 2.05) is 6.92 Å². The zero-order chi connectivity index (χ0) is 11.1. The van der Waals surface area contributed by atoms with Gasteiger partial charge in [-0.1, -0.05) is 6.92 Å². The Labute approximate surface area is 90.0 Å². The van der Waals surface area contributed by atoms with Crippen molar-refractivity contribution in [2.75, 3.05) is 13.7 Å². The Balaban J connectivity index is 2.46. The lowest BCUT2D eigenvalue weighted by atomic mass is 10.2. The molecule has 0 saturated carbocycles. The summed E-state index contributed by atoms with van der Waals surface area (Å²) in [6.45, 7) is 2.58. The van der Waals surface area contributed by atoms with E-state index in [0.717, 1.165) is 18.5 Å². The molecule has 1 aromatic rings. The van der Waals surface area contributed by atoms with E-state index in [4.69, 9.17) is 9.47 Å². The van der Waals surface area contributed by atoms with Gasteiger partial charge < -0.3 is 9.47 Å². The summed E-state index contributed by atoms with van der Waals surface area (Å²) in [5.41, 5.74) is 0.654. The summed E-state index contributed by atoms with van der Waals surface area (Å²) in [6, 6.07) is 7.03. The monoisotopic (exact) mass is 208 g/mol. The van der Waals surface area contributed by atoms with Crippen LogP contribution < -0.4 is 4.74 Å². The van der Waals surface area contributed by atoms with Crippen LogP contribution in [0, 0.1) is 0 Å². The summed E-state index contributed by atoms with van der Waals surface area (Å²) in [6.07, 6.45) is 1.85. The summed E-state index contributed by atoms with van der Waals surface area (Å²) in [7, 11) is 1.67. The molecule has 0 heterocycles. The van der Waals surface area contributed by atoms with Crippen LogP contribution in [0.15, 0.2) is 24.3 Å². The van der Waals surface area contributed by atoms with Gasteiger partial charge in [-0.05, 0) is 30.7 Å². The van der Waals surface area contributed by atoms with Crippen LogP contribution in [0.1, 0.15) is 23.7 Å². The van der Waals surface area contributed by atoms with Crippen LogP contribution in [0.2, 0.25) is 0 Å². The van der Waals surface area contributed by atoms with Crippen LogP contribution in [-0.4, -0.2) is 26.1 Å². The molecule has 0 saturated heterocycles. The maximum absolute atomic E-state index is 10.4. The first kappa shape index (κ1) is 11.7. The predicted molar refractivity (Wildman–Crippen MR) is 58.4 cm³/mol. The maximum Gasteiger partial charge on any atom is 0.150 e. The molecular formula is C12H16O3. The van der Waals surface area contributed by atoms with Gasteiger partial charge in [0.2, 0.25) is 0 Å². The van der Waals surface area contributed by atoms with Crippen molar-refractivity contribution >= 4 is 6.29 Å². The van der Waals surface area contributed by atoms with E-state index in [9.17, 15) is 4.79 Å². The summed E-state index contributed by atoms with van der Waals surface area (Å²) >= 11 is 0. The molecule has 1 atom stereocenters. The second-order valence-electron chi connectivity index (χ2n) is 3.26. The fraction of sp³-hybridized carbons (Fsp3) is 0.417. The molecule has 0 fully saturated rings. The minimum Gasteiger partial charge on any atom is -0.491 e. The van der Waals surface area contributed by atoms with Crippen molar-refractivity contribution in [3.63, 3.8) is 0 Å². The third kappa shape index (κ3) is 3.72. The minimum atomic E-state index is 0.121. The largest absolute Gasteiger partial charge is 0.491 e. The van der Waals surface area contributed by atoms with Gasteiger partial charge in [0, 0.05) is 12.7 Å². The fourth-order valence-electron chi connectivity index (χ4n) is 1.18. The second kappa shape index (κ2) is 6.19. The van der Waals surface area contributed by atoms with E-state index in [-0.39, 0.29) is 6.10 Å². The van der Waals surface area contributed by atoms with Crippen LogP contribution in [0.25, 0.3) is 0 Å². The number of methoxy groups -OCH3 is 1. The number of aldehydes is 1. The van der Waals surface area contributed by atoms with Crippen molar-refractivity contribution in [1.29, 1.82) is 0 Å². The lowest BCUT2D eigenvalue weighted by Gasteiger charge is -2.13. The Kier molecular flexibility index (Phi) is 4.84. The van der Waals surface area contributed by atoms with Gasteiger partial charge >= 0.3 is 0 Å². The van der Waals surface area contributed by atoms with Gasteiger partial charge in [0.05, 0.1) is 6.10 Å². The van der Waals surface area contributed by atoms with Crippen molar-refractivity contribution in [3.05, 3.63) is 29.8 Å². The molecule has 0 aliphatic rings.